The Morgan fingerprint density at radius 3 is 2.39 bits per heavy atom. The summed E-state index contributed by atoms with van der Waals surface area (Å²) in [6, 6.07) is 0.825. The number of rotatable bonds is 9. The predicted octanol–water partition coefficient (Wildman–Crippen LogP) is 4.76. The quantitative estimate of drug-likeness (QED) is 0.583. The van der Waals surface area contributed by atoms with Crippen molar-refractivity contribution in [1.82, 2.24) is 5.32 Å². The van der Waals surface area contributed by atoms with Crippen LogP contribution in [0.4, 0.5) is 0 Å². The zero-order chi connectivity index (χ0) is 12.8. The van der Waals surface area contributed by atoms with Gasteiger partial charge in [-0.25, -0.2) is 0 Å². The summed E-state index contributed by atoms with van der Waals surface area (Å²) in [7, 11) is 2.19. The molecule has 2 aliphatic carbocycles. The molecule has 4 atom stereocenters. The fourth-order valence-electron chi connectivity index (χ4n) is 4.50. The lowest BCUT2D eigenvalue weighted by Gasteiger charge is -2.30. The molecule has 2 rings (SSSR count). The molecule has 1 nitrogen and oxygen atoms in total. The number of hydrogen-bond acceptors (Lipinski definition) is 1. The molecule has 0 spiro atoms. The van der Waals surface area contributed by atoms with Crippen LogP contribution in [0.2, 0.25) is 0 Å². The van der Waals surface area contributed by atoms with Crippen molar-refractivity contribution in [3.63, 3.8) is 0 Å². The topological polar surface area (TPSA) is 12.0 Å². The fraction of sp³-hybridized carbons (Fsp3) is 1.00. The maximum absolute atomic E-state index is 3.63. The molecular weight excluding hydrogens is 218 g/mol. The molecule has 0 aromatic carbocycles. The zero-order valence-electron chi connectivity index (χ0n) is 12.6. The second-order valence-electron chi connectivity index (χ2n) is 6.79. The second kappa shape index (κ2) is 7.53. The van der Waals surface area contributed by atoms with Gasteiger partial charge in [0.25, 0.3) is 0 Å². The van der Waals surface area contributed by atoms with Crippen LogP contribution in [0, 0.1) is 17.8 Å². The standard InChI is InChI=1S/C17H33N/c1-3-4-5-6-7-8-9-17(18-2)16-13-14-10-11-15(16)12-14/h14-18H,3-13H2,1-2H3. The second-order valence-corrected chi connectivity index (χ2v) is 6.79. The van der Waals surface area contributed by atoms with E-state index in [0.717, 1.165) is 23.8 Å². The SMILES string of the molecule is CCCCCCCCC(NC)C1CC2CCC1C2. The molecule has 1 N–H and O–H groups in total. The Morgan fingerprint density at radius 2 is 1.78 bits per heavy atom. The maximum atomic E-state index is 3.63. The van der Waals surface area contributed by atoms with E-state index in [1.54, 1.807) is 6.42 Å². The summed E-state index contributed by atoms with van der Waals surface area (Å²) in [5.74, 6) is 3.19. The molecule has 1 heteroatoms. The first-order valence-electron chi connectivity index (χ1n) is 8.52. The number of fused-ring (bicyclic) bond motifs is 2. The van der Waals surface area contributed by atoms with E-state index in [1.165, 1.54) is 64.2 Å². The normalized spacial score (nSPS) is 32.0. The molecule has 2 aliphatic rings. The molecule has 2 saturated carbocycles. The third kappa shape index (κ3) is 3.73. The molecule has 4 unspecified atom stereocenters. The summed E-state index contributed by atoms with van der Waals surface area (Å²) in [6.45, 7) is 2.30. The Hall–Kier alpha value is -0.0400. The molecule has 2 bridgehead atoms. The van der Waals surface area contributed by atoms with Crippen LogP contribution in [0.5, 0.6) is 0 Å². The Balaban J connectivity index is 1.61. The van der Waals surface area contributed by atoms with E-state index in [4.69, 9.17) is 0 Å². The molecule has 0 amide bonds. The van der Waals surface area contributed by atoms with Gasteiger partial charge in [0.15, 0.2) is 0 Å². The smallest absolute Gasteiger partial charge is 0.00950 e. The molecule has 18 heavy (non-hydrogen) atoms. The van der Waals surface area contributed by atoms with Crippen molar-refractivity contribution in [2.45, 2.75) is 83.6 Å². The Labute approximate surface area is 114 Å². The van der Waals surface area contributed by atoms with E-state index in [9.17, 15) is 0 Å². The average Bonchev–Trinajstić information content (AvgIpc) is 3.00. The van der Waals surface area contributed by atoms with Gasteiger partial charge in [-0.3, -0.25) is 0 Å². The zero-order valence-corrected chi connectivity index (χ0v) is 12.6. The van der Waals surface area contributed by atoms with Crippen molar-refractivity contribution in [3.05, 3.63) is 0 Å². The van der Waals surface area contributed by atoms with Gasteiger partial charge in [0.05, 0.1) is 0 Å². The van der Waals surface area contributed by atoms with Crippen LogP contribution in [-0.4, -0.2) is 13.1 Å². The maximum Gasteiger partial charge on any atom is 0.00950 e. The average molecular weight is 251 g/mol. The van der Waals surface area contributed by atoms with Crippen LogP contribution in [-0.2, 0) is 0 Å². The first-order valence-corrected chi connectivity index (χ1v) is 8.52. The van der Waals surface area contributed by atoms with Gasteiger partial charge < -0.3 is 5.32 Å². The highest BCUT2D eigenvalue weighted by molar-refractivity contribution is 4.94. The van der Waals surface area contributed by atoms with Gasteiger partial charge in [0.1, 0.15) is 0 Å². The summed E-state index contributed by atoms with van der Waals surface area (Å²) in [6.07, 6.45) is 16.2. The number of hydrogen-bond donors (Lipinski definition) is 1. The van der Waals surface area contributed by atoms with Crippen LogP contribution < -0.4 is 5.32 Å². The van der Waals surface area contributed by atoms with E-state index >= 15 is 0 Å². The number of unbranched alkanes of at least 4 members (excludes halogenated alkanes) is 5. The highest BCUT2D eigenvalue weighted by atomic mass is 14.9. The van der Waals surface area contributed by atoms with E-state index in [1.807, 2.05) is 0 Å². The van der Waals surface area contributed by atoms with Crippen molar-refractivity contribution in [1.29, 1.82) is 0 Å². The van der Waals surface area contributed by atoms with Gasteiger partial charge in [-0.05, 0) is 50.5 Å². The summed E-state index contributed by atoms with van der Waals surface area (Å²) < 4.78 is 0. The van der Waals surface area contributed by atoms with Crippen LogP contribution in [0.1, 0.15) is 77.6 Å². The lowest BCUT2D eigenvalue weighted by molar-refractivity contribution is 0.243. The lowest BCUT2D eigenvalue weighted by Crippen LogP contribution is -2.36. The molecule has 0 heterocycles. The van der Waals surface area contributed by atoms with E-state index in [2.05, 4.69) is 19.3 Å². The van der Waals surface area contributed by atoms with Crippen molar-refractivity contribution >= 4 is 0 Å². The lowest BCUT2D eigenvalue weighted by atomic mass is 9.81. The van der Waals surface area contributed by atoms with Crippen molar-refractivity contribution in [2.75, 3.05) is 7.05 Å². The monoisotopic (exact) mass is 251 g/mol. The minimum absolute atomic E-state index is 0.825. The molecule has 0 aromatic heterocycles. The summed E-state index contributed by atoms with van der Waals surface area (Å²) >= 11 is 0. The summed E-state index contributed by atoms with van der Waals surface area (Å²) in [5, 5.41) is 3.63. The minimum atomic E-state index is 0.825. The predicted molar refractivity (Wildman–Crippen MR) is 79.8 cm³/mol. The van der Waals surface area contributed by atoms with Crippen molar-refractivity contribution < 1.29 is 0 Å². The Morgan fingerprint density at radius 1 is 1.00 bits per heavy atom. The van der Waals surface area contributed by atoms with Crippen LogP contribution in [0.3, 0.4) is 0 Å². The fourth-order valence-corrected chi connectivity index (χ4v) is 4.50. The van der Waals surface area contributed by atoms with Gasteiger partial charge >= 0.3 is 0 Å². The van der Waals surface area contributed by atoms with Gasteiger partial charge in [0.2, 0.25) is 0 Å². The molecular formula is C17H33N. The molecule has 2 fully saturated rings. The van der Waals surface area contributed by atoms with Crippen LogP contribution >= 0.6 is 0 Å². The highest BCUT2D eigenvalue weighted by Crippen LogP contribution is 2.50. The summed E-state index contributed by atoms with van der Waals surface area (Å²) in [5.41, 5.74) is 0. The van der Waals surface area contributed by atoms with E-state index in [0.29, 0.717) is 0 Å². The van der Waals surface area contributed by atoms with Crippen LogP contribution in [0.15, 0.2) is 0 Å². The van der Waals surface area contributed by atoms with Crippen molar-refractivity contribution in [3.8, 4) is 0 Å². The van der Waals surface area contributed by atoms with Gasteiger partial charge in [0, 0.05) is 6.04 Å². The third-order valence-electron chi connectivity index (χ3n) is 5.55. The van der Waals surface area contributed by atoms with E-state index in [-0.39, 0.29) is 0 Å². The van der Waals surface area contributed by atoms with E-state index < -0.39 is 0 Å². The first-order chi connectivity index (χ1) is 8.85. The summed E-state index contributed by atoms with van der Waals surface area (Å²) in [4.78, 5) is 0. The number of nitrogens with one attached hydrogen (secondary N) is 1. The molecule has 0 aliphatic heterocycles. The third-order valence-corrected chi connectivity index (χ3v) is 5.55. The molecule has 0 saturated heterocycles. The first kappa shape index (κ1) is 14.4. The van der Waals surface area contributed by atoms with Gasteiger partial charge in [-0.1, -0.05) is 51.9 Å². The highest BCUT2D eigenvalue weighted by Gasteiger charge is 2.42. The van der Waals surface area contributed by atoms with Gasteiger partial charge in [-0.2, -0.15) is 0 Å². The Bertz CT molecular complexity index is 226. The van der Waals surface area contributed by atoms with Crippen LogP contribution in [0.25, 0.3) is 0 Å². The molecule has 106 valence electrons. The molecule has 0 radical (unpaired) electrons. The van der Waals surface area contributed by atoms with Crippen molar-refractivity contribution in [2.24, 2.45) is 17.8 Å². The Kier molecular flexibility index (Phi) is 6.01. The van der Waals surface area contributed by atoms with Gasteiger partial charge in [-0.15, -0.1) is 0 Å². The minimum Gasteiger partial charge on any atom is -0.317 e. The largest absolute Gasteiger partial charge is 0.317 e. The molecule has 0 aromatic rings.